The molecule has 1 aliphatic carbocycles. The molecule has 3 rings (SSSR count). The van der Waals surface area contributed by atoms with Gasteiger partial charge in [0, 0.05) is 17.6 Å². The van der Waals surface area contributed by atoms with Gasteiger partial charge in [0.05, 0.1) is 0 Å². The van der Waals surface area contributed by atoms with Crippen LogP contribution in [0.2, 0.25) is 0 Å². The second kappa shape index (κ2) is 9.60. The Labute approximate surface area is 161 Å². The van der Waals surface area contributed by atoms with Crippen LogP contribution in [0.25, 0.3) is 0 Å². The van der Waals surface area contributed by atoms with E-state index in [1.54, 1.807) is 0 Å². The number of benzene rings is 2. The number of halogens is 1. The van der Waals surface area contributed by atoms with Gasteiger partial charge in [0.15, 0.2) is 0 Å². The predicted octanol–water partition coefficient (Wildman–Crippen LogP) is 4.45. The molecule has 2 aromatic carbocycles. The summed E-state index contributed by atoms with van der Waals surface area (Å²) in [7, 11) is 0. The molecule has 0 aliphatic heterocycles. The summed E-state index contributed by atoms with van der Waals surface area (Å²) in [5.41, 5.74) is 8.99. The highest BCUT2D eigenvalue weighted by atomic mass is 35.5. The summed E-state index contributed by atoms with van der Waals surface area (Å²) in [5, 5.41) is 3.09. The quantitative estimate of drug-likeness (QED) is 0.812. The summed E-state index contributed by atoms with van der Waals surface area (Å²) in [6.07, 6.45) is 3.76. The zero-order chi connectivity index (χ0) is 17.6. The molecule has 5 heteroatoms. The topological polar surface area (TPSA) is 64.3 Å². The molecular formula is C21H27ClN2O2. The van der Waals surface area contributed by atoms with Crippen molar-refractivity contribution in [3.05, 3.63) is 59.7 Å². The van der Waals surface area contributed by atoms with Crippen LogP contribution in [0.5, 0.6) is 5.75 Å². The molecule has 4 nitrogen and oxygen atoms in total. The van der Waals surface area contributed by atoms with Gasteiger partial charge in [-0.1, -0.05) is 36.8 Å². The molecule has 0 heterocycles. The number of hydrogen-bond donors (Lipinski definition) is 2. The maximum Gasteiger partial charge on any atom is 0.227 e. The van der Waals surface area contributed by atoms with Crippen LogP contribution in [0.3, 0.4) is 0 Å². The van der Waals surface area contributed by atoms with Crippen molar-refractivity contribution in [1.82, 2.24) is 0 Å². The van der Waals surface area contributed by atoms with Crippen LogP contribution < -0.4 is 15.8 Å². The second-order valence-electron chi connectivity index (χ2n) is 6.80. The number of para-hydroxylation sites is 1. The van der Waals surface area contributed by atoms with Crippen molar-refractivity contribution in [2.24, 2.45) is 11.7 Å². The van der Waals surface area contributed by atoms with Gasteiger partial charge < -0.3 is 15.8 Å². The average Bonchev–Trinajstić information content (AvgIpc) is 2.63. The number of amides is 1. The third-order valence-electron chi connectivity index (χ3n) is 4.93. The fourth-order valence-electron chi connectivity index (χ4n) is 3.35. The van der Waals surface area contributed by atoms with Crippen molar-refractivity contribution in [3.8, 4) is 5.75 Å². The first kappa shape index (κ1) is 20.3. The Bertz CT molecular complexity index is 721. The third kappa shape index (κ3) is 5.23. The lowest BCUT2D eigenvalue weighted by molar-refractivity contribution is -0.120. The normalized spacial score (nSPS) is 19.3. The molecule has 0 saturated heterocycles. The number of anilines is 1. The van der Waals surface area contributed by atoms with Crippen molar-refractivity contribution < 1.29 is 9.53 Å². The molecule has 3 N–H and O–H groups in total. The summed E-state index contributed by atoms with van der Waals surface area (Å²) in [5.74, 6) is 0.944. The SMILES string of the molecule is Cc1c(COc2ccccc2)cccc1NC(=O)C1CCCC(N)C1.Cl. The van der Waals surface area contributed by atoms with Crippen molar-refractivity contribution in [1.29, 1.82) is 0 Å². The smallest absolute Gasteiger partial charge is 0.227 e. The van der Waals surface area contributed by atoms with Gasteiger partial charge in [0.25, 0.3) is 0 Å². The van der Waals surface area contributed by atoms with Crippen molar-refractivity contribution >= 4 is 24.0 Å². The maximum absolute atomic E-state index is 12.6. The number of hydrogen-bond acceptors (Lipinski definition) is 3. The summed E-state index contributed by atoms with van der Waals surface area (Å²) < 4.78 is 5.83. The summed E-state index contributed by atoms with van der Waals surface area (Å²) in [6.45, 7) is 2.50. The molecule has 140 valence electrons. The van der Waals surface area contributed by atoms with E-state index in [9.17, 15) is 4.79 Å². The lowest BCUT2D eigenvalue weighted by Crippen LogP contribution is -2.34. The summed E-state index contributed by atoms with van der Waals surface area (Å²) in [6, 6.07) is 15.8. The van der Waals surface area contributed by atoms with Crippen molar-refractivity contribution in [3.63, 3.8) is 0 Å². The van der Waals surface area contributed by atoms with E-state index in [1.165, 1.54) is 0 Å². The molecule has 2 aromatic rings. The van der Waals surface area contributed by atoms with Crippen LogP contribution in [-0.4, -0.2) is 11.9 Å². The number of rotatable bonds is 5. The highest BCUT2D eigenvalue weighted by Gasteiger charge is 2.25. The minimum absolute atomic E-state index is 0. The highest BCUT2D eigenvalue weighted by Crippen LogP contribution is 2.26. The van der Waals surface area contributed by atoms with Crippen molar-refractivity contribution in [2.45, 2.75) is 45.3 Å². The number of ether oxygens (including phenoxy) is 1. The Hall–Kier alpha value is -2.04. The Morgan fingerprint density at radius 2 is 1.92 bits per heavy atom. The highest BCUT2D eigenvalue weighted by molar-refractivity contribution is 5.93. The Morgan fingerprint density at radius 1 is 1.15 bits per heavy atom. The van der Waals surface area contributed by atoms with Gasteiger partial charge in [0.2, 0.25) is 5.91 Å². The lowest BCUT2D eigenvalue weighted by Gasteiger charge is -2.26. The first-order valence-electron chi connectivity index (χ1n) is 8.96. The Kier molecular flexibility index (Phi) is 7.49. The number of nitrogens with one attached hydrogen (secondary N) is 1. The van der Waals surface area contributed by atoms with Gasteiger partial charge in [-0.15, -0.1) is 12.4 Å². The Balaban J connectivity index is 0.00000243. The minimum Gasteiger partial charge on any atom is -0.489 e. The van der Waals surface area contributed by atoms with Crippen LogP contribution in [0, 0.1) is 12.8 Å². The third-order valence-corrected chi connectivity index (χ3v) is 4.93. The molecule has 0 aromatic heterocycles. The fourth-order valence-corrected chi connectivity index (χ4v) is 3.35. The fraction of sp³-hybridized carbons (Fsp3) is 0.381. The molecule has 1 fully saturated rings. The van der Waals surface area contributed by atoms with E-state index < -0.39 is 0 Å². The van der Waals surface area contributed by atoms with Gasteiger partial charge in [-0.25, -0.2) is 0 Å². The predicted molar refractivity (Wildman–Crippen MR) is 108 cm³/mol. The van der Waals surface area contributed by atoms with E-state index in [-0.39, 0.29) is 30.3 Å². The lowest BCUT2D eigenvalue weighted by atomic mass is 9.85. The molecule has 1 saturated carbocycles. The van der Waals surface area contributed by atoms with Crippen molar-refractivity contribution in [2.75, 3.05) is 5.32 Å². The van der Waals surface area contributed by atoms with E-state index >= 15 is 0 Å². The number of carbonyl (C=O) groups is 1. The van der Waals surface area contributed by atoms with E-state index in [1.807, 2.05) is 55.5 Å². The molecule has 2 unspecified atom stereocenters. The molecule has 2 atom stereocenters. The van der Waals surface area contributed by atoms with Crippen LogP contribution in [-0.2, 0) is 11.4 Å². The van der Waals surface area contributed by atoms with Gasteiger partial charge in [0.1, 0.15) is 12.4 Å². The molecule has 0 bridgehead atoms. The number of nitrogens with two attached hydrogens (primary N) is 1. The van der Waals surface area contributed by atoms with Gasteiger partial charge in [-0.2, -0.15) is 0 Å². The summed E-state index contributed by atoms with van der Waals surface area (Å²) in [4.78, 5) is 12.6. The van der Waals surface area contributed by atoms with Crippen LogP contribution >= 0.6 is 12.4 Å². The number of carbonyl (C=O) groups excluding carboxylic acids is 1. The molecular weight excluding hydrogens is 348 g/mol. The minimum atomic E-state index is 0. The second-order valence-corrected chi connectivity index (χ2v) is 6.80. The molecule has 0 spiro atoms. The van der Waals surface area contributed by atoms with E-state index in [2.05, 4.69) is 5.32 Å². The monoisotopic (exact) mass is 374 g/mol. The largest absolute Gasteiger partial charge is 0.489 e. The first-order chi connectivity index (χ1) is 12.1. The van der Waals surface area contributed by atoms with Gasteiger partial charge in [-0.3, -0.25) is 4.79 Å². The Morgan fingerprint density at radius 3 is 2.65 bits per heavy atom. The zero-order valence-corrected chi connectivity index (χ0v) is 15.9. The maximum atomic E-state index is 12.6. The zero-order valence-electron chi connectivity index (χ0n) is 15.1. The molecule has 1 aliphatic rings. The van der Waals surface area contributed by atoms with Gasteiger partial charge >= 0.3 is 0 Å². The van der Waals surface area contributed by atoms with E-state index in [0.717, 1.165) is 48.2 Å². The molecule has 0 radical (unpaired) electrons. The van der Waals surface area contributed by atoms with E-state index in [4.69, 9.17) is 10.5 Å². The molecule has 1 amide bonds. The standard InChI is InChI=1S/C21H26N2O2.ClH/c1-15-17(14-25-19-10-3-2-4-11-19)8-6-12-20(15)23-21(24)16-7-5-9-18(22)13-16;/h2-4,6,8,10-12,16,18H,5,7,9,13-14,22H2,1H3,(H,23,24);1H. The van der Waals surface area contributed by atoms with Crippen LogP contribution in [0.1, 0.15) is 36.8 Å². The summed E-state index contributed by atoms with van der Waals surface area (Å²) >= 11 is 0. The van der Waals surface area contributed by atoms with Crippen LogP contribution in [0.4, 0.5) is 5.69 Å². The first-order valence-corrected chi connectivity index (χ1v) is 8.96. The van der Waals surface area contributed by atoms with Gasteiger partial charge in [-0.05, 0) is 55.5 Å². The molecule has 26 heavy (non-hydrogen) atoms. The average molecular weight is 375 g/mol. The van der Waals surface area contributed by atoms with Crippen LogP contribution in [0.15, 0.2) is 48.5 Å². The van der Waals surface area contributed by atoms with E-state index in [0.29, 0.717) is 6.61 Å².